The summed E-state index contributed by atoms with van der Waals surface area (Å²) in [6, 6.07) is 0. The average molecular weight is 350 g/mol. The fourth-order valence-corrected chi connectivity index (χ4v) is 5.59. The number of nitrogens with two attached hydrogens (primary N) is 1. The van der Waals surface area contributed by atoms with Crippen LogP contribution in [0.2, 0.25) is 0 Å². The standard InChI is InChI=1S/C12H19N3O3S3/c1-8-10(9(2)18-14-8)21(16,17)15-6-4-12(20-3,5-7-15)11(13)19/h4-7H2,1-3H3,(H2,13,19). The quantitative estimate of drug-likeness (QED) is 0.823. The van der Waals surface area contributed by atoms with Gasteiger partial charge < -0.3 is 10.3 Å². The summed E-state index contributed by atoms with van der Waals surface area (Å²) in [5, 5.41) is 3.72. The van der Waals surface area contributed by atoms with Crippen molar-refractivity contribution in [1.82, 2.24) is 9.46 Å². The summed E-state index contributed by atoms with van der Waals surface area (Å²) < 4.78 is 31.6. The summed E-state index contributed by atoms with van der Waals surface area (Å²) in [5.74, 6) is 0.323. The van der Waals surface area contributed by atoms with Gasteiger partial charge in [-0.3, -0.25) is 0 Å². The minimum absolute atomic E-state index is 0.175. The third kappa shape index (κ3) is 2.84. The number of hydrogen-bond acceptors (Lipinski definition) is 6. The van der Waals surface area contributed by atoms with Crippen molar-refractivity contribution < 1.29 is 12.9 Å². The molecular formula is C12H19N3O3S3. The molecule has 2 N–H and O–H groups in total. The molecule has 1 aromatic heterocycles. The molecule has 118 valence electrons. The van der Waals surface area contributed by atoms with Gasteiger partial charge in [0.1, 0.15) is 10.6 Å². The Kier molecular flexibility index (Phi) is 4.67. The highest BCUT2D eigenvalue weighted by molar-refractivity contribution is 8.02. The van der Waals surface area contributed by atoms with Gasteiger partial charge in [-0.15, -0.1) is 0 Å². The Labute approximate surface area is 134 Å². The van der Waals surface area contributed by atoms with E-state index in [1.165, 1.54) is 4.31 Å². The Bertz CT molecular complexity index is 626. The lowest BCUT2D eigenvalue weighted by Gasteiger charge is -2.39. The Morgan fingerprint density at radius 1 is 1.43 bits per heavy atom. The van der Waals surface area contributed by atoms with Crippen LogP contribution in [-0.2, 0) is 10.0 Å². The van der Waals surface area contributed by atoms with Crippen molar-refractivity contribution in [3.8, 4) is 0 Å². The van der Waals surface area contributed by atoms with E-state index in [4.69, 9.17) is 22.5 Å². The van der Waals surface area contributed by atoms with Crippen LogP contribution < -0.4 is 5.73 Å². The van der Waals surface area contributed by atoms with Crippen molar-refractivity contribution in [3.05, 3.63) is 11.5 Å². The molecule has 1 aliphatic heterocycles. The van der Waals surface area contributed by atoms with Gasteiger partial charge in [0.25, 0.3) is 0 Å². The minimum atomic E-state index is -3.58. The van der Waals surface area contributed by atoms with Gasteiger partial charge in [0.05, 0.1) is 9.74 Å². The number of sulfonamides is 1. The number of thiocarbonyl (C=S) groups is 1. The van der Waals surface area contributed by atoms with Gasteiger partial charge >= 0.3 is 0 Å². The summed E-state index contributed by atoms with van der Waals surface area (Å²) in [5.41, 5.74) is 6.22. The van der Waals surface area contributed by atoms with Crippen LogP contribution in [0.5, 0.6) is 0 Å². The fourth-order valence-electron chi connectivity index (χ4n) is 2.61. The molecule has 2 rings (SSSR count). The van der Waals surface area contributed by atoms with Crippen LogP contribution in [0, 0.1) is 13.8 Å². The molecule has 2 heterocycles. The lowest BCUT2D eigenvalue weighted by molar-refractivity contribution is 0.331. The third-order valence-corrected chi connectivity index (χ3v) is 8.01. The van der Waals surface area contributed by atoms with Gasteiger partial charge in [-0.2, -0.15) is 16.1 Å². The van der Waals surface area contributed by atoms with E-state index in [0.717, 1.165) is 0 Å². The molecule has 0 atom stereocenters. The predicted octanol–water partition coefficient (Wildman–Crippen LogP) is 1.46. The first-order valence-electron chi connectivity index (χ1n) is 6.53. The molecule has 0 aliphatic carbocycles. The Morgan fingerprint density at radius 2 is 2.00 bits per heavy atom. The normalized spacial score (nSPS) is 19.6. The number of aryl methyl sites for hydroxylation is 2. The van der Waals surface area contributed by atoms with Crippen LogP contribution in [-0.4, -0.2) is 47.0 Å². The zero-order valence-corrected chi connectivity index (χ0v) is 14.7. The fraction of sp³-hybridized carbons (Fsp3) is 0.667. The van der Waals surface area contributed by atoms with Crippen LogP contribution in [0.4, 0.5) is 0 Å². The molecule has 9 heteroatoms. The van der Waals surface area contributed by atoms with E-state index in [0.29, 0.717) is 42.4 Å². The summed E-state index contributed by atoms with van der Waals surface area (Å²) >= 11 is 6.74. The van der Waals surface area contributed by atoms with Gasteiger partial charge in [0.2, 0.25) is 10.0 Å². The lowest BCUT2D eigenvalue weighted by Crippen LogP contribution is -2.50. The van der Waals surface area contributed by atoms with Crippen molar-refractivity contribution in [1.29, 1.82) is 0 Å². The number of rotatable bonds is 4. The van der Waals surface area contributed by atoms with Gasteiger partial charge in [-0.05, 0) is 32.9 Å². The molecular weight excluding hydrogens is 330 g/mol. The van der Waals surface area contributed by atoms with Gasteiger partial charge in [-0.25, -0.2) is 8.42 Å². The summed E-state index contributed by atoms with van der Waals surface area (Å²) in [6.45, 7) is 4.03. The van der Waals surface area contributed by atoms with Gasteiger partial charge in [0.15, 0.2) is 5.76 Å². The monoisotopic (exact) mass is 349 g/mol. The van der Waals surface area contributed by atoms with Crippen molar-refractivity contribution in [2.75, 3.05) is 19.3 Å². The van der Waals surface area contributed by atoms with Gasteiger partial charge in [0, 0.05) is 13.1 Å². The Balaban J connectivity index is 2.25. The lowest BCUT2D eigenvalue weighted by atomic mass is 9.97. The second-order valence-electron chi connectivity index (χ2n) is 5.12. The van der Waals surface area contributed by atoms with E-state index in [1.54, 1.807) is 25.6 Å². The molecule has 0 aromatic carbocycles. The first-order valence-corrected chi connectivity index (χ1v) is 9.60. The first kappa shape index (κ1) is 16.7. The topological polar surface area (TPSA) is 89.4 Å². The molecule has 0 bridgehead atoms. The number of nitrogens with zero attached hydrogens (tertiary/aromatic N) is 2. The maximum atomic E-state index is 12.7. The molecule has 0 unspecified atom stereocenters. The molecule has 1 saturated heterocycles. The molecule has 0 radical (unpaired) electrons. The maximum Gasteiger partial charge on any atom is 0.248 e. The van der Waals surface area contributed by atoms with Crippen molar-refractivity contribution in [3.63, 3.8) is 0 Å². The number of aromatic nitrogens is 1. The highest BCUT2D eigenvalue weighted by Crippen LogP contribution is 2.37. The molecule has 21 heavy (non-hydrogen) atoms. The molecule has 1 aromatic rings. The average Bonchev–Trinajstić information content (AvgIpc) is 2.78. The maximum absolute atomic E-state index is 12.7. The summed E-state index contributed by atoms with van der Waals surface area (Å²) in [7, 11) is -3.58. The van der Waals surface area contributed by atoms with Crippen LogP contribution >= 0.6 is 24.0 Å². The molecule has 0 amide bonds. The zero-order chi connectivity index (χ0) is 15.8. The van der Waals surface area contributed by atoms with Crippen LogP contribution in [0.1, 0.15) is 24.3 Å². The zero-order valence-electron chi connectivity index (χ0n) is 12.2. The summed E-state index contributed by atoms with van der Waals surface area (Å²) in [6.07, 6.45) is 3.19. The predicted molar refractivity (Wildman–Crippen MR) is 87.0 cm³/mol. The molecule has 0 spiro atoms. The van der Waals surface area contributed by atoms with E-state index in [-0.39, 0.29) is 9.64 Å². The minimum Gasteiger partial charge on any atom is -0.392 e. The number of hydrogen-bond donors (Lipinski definition) is 1. The molecule has 0 saturated carbocycles. The smallest absolute Gasteiger partial charge is 0.248 e. The van der Waals surface area contributed by atoms with Crippen molar-refractivity contribution >= 4 is 39.0 Å². The van der Waals surface area contributed by atoms with Crippen molar-refractivity contribution in [2.24, 2.45) is 5.73 Å². The van der Waals surface area contributed by atoms with E-state index < -0.39 is 10.0 Å². The second kappa shape index (κ2) is 5.86. The van der Waals surface area contributed by atoms with Crippen LogP contribution in [0.3, 0.4) is 0 Å². The highest BCUT2D eigenvalue weighted by atomic mass is 32.2. The third-order valence-electron chi connectivity index (χ3n) is 3.94. The van der Waals surface area contributed by atoms with Crippen LogP contribution in [0.15, 0.2) is 9.42 Å². The van der Waals surface area contributed by atoms with Gasteiger partial charge in [-0.1, -0.05) is 17.4 Å². The second-order valence-corrected chi connectivity index (χ2v) is 8.62. The summed E-state index contributed by atoms with van der Waals surface area (Å²) in [4.78, 5) is 0.624. The Morgan fingerprint density at radius 3 is 2.38 bits per heavy atom. The first-order chi connectivity index (χ1) is 9.74. The molecule has 1 aliphatic rings. The largest absolute Gasteiger partial charge is 0.392 e. The van der Waals surface area contributed by atoms with Crippen LogP contribution in [0.25, 0.3) is 0 Å². The van der Waals surface area contributed by atoms with Crippen molar-refractivity contribution in [2.45, 2.75) is 36.3 Å². The SMILES string of the molecule is CSC1(C(N)=S)CCN(S(=O)(=O)c2c(C)noc2C)CC1. The van der Waals surface area contributed by atoms with E-state index in [2.05, 4.69) is 5.16 Å². The number of thioether (sulfide) groups is 1. The molecule has 6 nitrogen and oxygen atoms in total. The number of piperidine rings is 1. The Hall–Kier alpha value is -0.640. The van der Waals surface area contributed by atoms with E-state index >= 15 is 0 Å². The van der Waals surface area contributed by atoms with E-state index in [9.17, 15) is 8.42 Å². The van der Waals surface area contributed by atoms with E-state index in [1.807, 2.05) is 6.26 Å². The molecule has 1 fully saturated rings. The highest BCUT2D eigenvalue weighted by Gasteiger charge is 2.41.